The number of fused-ring (bicyclic) bond motifs is 1. The fourth-order valence-electron chi connectivity index (χ4n) is 4.77. The van der Waals surface area contributed by atoms with Crippen LogP contribution < -0.4 is 24.8 Å². The summed E-state index contributed by atoms with van der Waals surface area (Å²) in [6, 6.07) is 12.9. The number of aryl methyl sites for hydroxylation is 1. The predicted molar refractivity (Wildman–Crippen MR) is 184 cm³/mol. The molecule has 3 aromatic rings. The SMILES string of the molecule is C#C/C(C)=C(\C=C/COc1ccnc2cc(OCCCN3CCOCC3)c(OC)cc12)NC(=O)C(C)(C)C(=O)Nc1ccc(C)cc1. The van der Waals surface area contributed by atoms with Crippen LogP contribution in [0.15, 0.2) is 72.1 Å². The zero-order chi connectivity index (χ0) is 33.8. The van der Waals surface area contributed by atoms with E-state index in [1.165, 1.54) is 0 Å². The molecule has 10 nitrogen and oxygen atoms in total. The van der Waals surface area contributed by atoms with E-state index in [1.54, 1.807) is 64.4 Å². The molecule has 248 valence electrons. The van der Waals surface area contributed by atoms with E-state index in [4.69, 9.17) is 25.4 Å². The standard InChI is InChI=1S/C37H44N4O6/c1-7-27(3)30(40-36(43)37(4,5)35(42)39-28-13-11-26(2)12-14-28)10-8-20-46-32-15-16-38-31-25-34(33(44-6)24-29(31)32)47-21-9-17-41-18-22-45-23-19-41/h1,8,10-16,24-25H,9,17-23H2,2-6H3,(H,39,42)(H,40,43)/b10-8-,30-27+. The number of pyridine rings is 1. The van der Waals surface area contributed by atoms with Gasteiger partial charge in [0.25, 0.3) is 0 Å². The van der Waals surface area contributed by atoms with Crippen molar-refractivity contribution >= 4 is 28.4 Å². The zero-order valence-electron chi connectivity index (χ0n) is 27.9. The number of carbonyl (C=O) groups excluding carboxylic acids is 2. The Kier molecular flexibility index (Phi) is 12.4. The maximum atomic E-state index is 13.2. The third-order valence-electron chi connectivity index (χ3n) is 7.90. The first-order valence-electron chi connectivity index (χ1n) is 15.7. The van der Waals surface area contributed by atoms with Crippen molar-refractivity contribution < 1.29 is 28.5 Å². The second-order valence-electron chi connectivity index (χ2n) is 11.8. The normalized spacial score (nSPS) is 14.3. The van der Waals surface area contributed by atoms with Crippen molar-refractivity contribution in [1.82, 2.24) is 15.2 Å². The molecule has 0 unspecified atom stereocenters. The molecule has 1 saturated heterocycles. The summed E-state index contributed by atoms with van der Waals surface area (Å²) in [4.78, 5) is 33.1. The van der Waals surface area contributed by atoms with Crippen LogP contribution in [0.2, 0.25) is 0 Å². The van der Waals surface area contributed by atoms with Gasteiger partial charge < -0.3 is 29.6 Å². The number of nitrogens with one attached hydrogen (secondary N) is 2. The van der Waals surface area contributed by atoms with Gasteiger partial charge in [-0.3, -0.25) is 19.5 Å². The summed E-state index contributed by atoms with van der Waals surface area (Å²) in [5.41, 5.74) is 1.90. The molecule has 10 heteroatoms. The monoisotopic (exact) mass is 640 g/mol. The maximum Gasteiger partial charge on any atom is 0.239 e. The number of allylic oxidation sites excluding steroid dienone is 2. The number of benzene rings is 2. The molecule has 0 radical (unpaired) electrons. The van der Waals surface area contributed by atoms with Gasteiger partial charge in [-0.05, 0) is 70.5 Å². The van der Waals surface area contributed by atoms with E-state index in [-0.39, 0.29) is 6.61 Å². The highest BCUT2D eigenvalue weighted by atomic mass is 16.5. The second kappa shape index (κ2) is 16.6. The molecule has 2 N–H and O–H groups in total. The average molecular weight is 641 g/mol. The topological polar surface area (TPSA) is 111 Å². The van der Waals surface area contributed by atoms with Crippen molar-refractivity contribution in [3.63, 3.8) is 0 Å². The molecule has 2 amide bonds. The molecule has 2 heterocycles. The van der Waals surface area contributed by atoms with E-state index >= 15 is 0 Å². The molecule has 1 fully saturated rings. The van der Waals surface area contributed by atoms with E-state index in [0.29, 0.717) is 46.3 Å². The minimum atomic E-state index is -1.38. The Labute approximate surface area is 277 Å². The lowest BCUT2D eigenvalue weighted by Gasteiger charge is -2.26. The van der Waals surface area contributed by atoms with Crippen molar-refractivity contribution in [2.45, 2.75) is 34.1 Å². The number of anilines is 1. The third-order valence-corrected chi connectivity index (χ3v) is 7.90. The zero-order valence-corrected chi connectivity index (χ0v) is 27.9. The molecule has 1 aliphatic heterocycles. The van der Waals surface area contributed by atoms with Gasteiger partial charge in [-0.25, -0.2) is 0 Å². The van der Waals surface area contributed by atoms with Crippen LogP contribution in [0.3, 0.4) is 0 Å². The number of nitrogens with zero attached hydrogens (tertiary/aromatic N) is 2. The number of ether oxygens (including phenoxy) is 4. The van der Waals surface area contributed by atoms with E-state index < -0.39 is 17.2 Å². The van der Waals surface area contributed by atoms with Crippen molar-refractivity contribution in [3.05, 3.63) is 77.6 Å². The molecule has 0 saturated carbocycles. The number of aromatic nitrogens is 1. The number of morpholine rings is 1. The Hall–Kier alpha value is -4.85. The van der Waals surface area contributed by atoms with Crippen LogP contribution in [0.25, 0.3) is 10.9 Å². The molecule has 0 atom stereocenters. The summed E-state index contributed by atoms with van der Waals surface area (Å²) in [6.45, 7) is 11.9. The molecule has 0 aliphatic carbocycles. The van der Waals surface area contributed by atoms with Crippen molar-refractivity contribution in [2.24, 2.45) is 5.41 Å². The van der Waals surface area contributed by atoms with E-state index in [9.17, 15) is 9.59 Å². The summed E-state index contributed by atoms with van der Waals surface area (Å²) in [5.74, 6) is 3.44. The fourth-order valence-corrected chi connectivity index (χ4v) is 4.77. The summed E-state index contributed by atoms with van der Waals surface area (Å²) in [7, 11) is 1.60. The van der Waals surface area contributed by atoms with Gasteiger partial charge in [0.1, 0.15) is 17.8 Å². The third kappa shape index (κ3) is 9.58. The van der Waals surface area contributed by atoms with Crippen LogP contribution >= 0.6 is 0 Å². The quantitative estimate of drug-likeness (QED) is 0.106. The Morgan fingerprint density at radius 3 is 2.51 bits per heavy atom. The van der Waals surface area contributed by atoms with E-state index in [1.807, 2.05) is 31.2 Å². The van der Waals surface area contributed by atoms with Crippen LogP contribution in [-0.4, -0.2) is 74.9 Å². The lowest BCUT2D eigenvalue weighted by molar-refractivity contribution is -0.137. The van der Waals surface area contributed by atoms with Gasteiger partial charge in [-0.15, -0.1) is 6.42 Å². The van der Waals surface area contributed by atoms with Gasteiger partial charge in [0.05, 0.1) is 38.1 Å². The second-order valence-corrected chi connectivity index (χ2v) is 11.8. The van der Waals surface area contributed by atoms with Gasteiger partial charge in [0, 0.05) is 48.5 Å². The summed E-state index contributed by atoms with van der Waals surface area (Å²) >= 11 is 0. The molecule has 47 heavy (non-hydrogen) atoms. The van der Waals surface area contributed by atoms with Crippen LogP contribution in [0, 0.1) is 24.7 Å². The Morgan fingerprint density at radius 1 is 1.06 bits per heavy atom. The number of hydrogen-bond donors (Lipinski definition) is 2. The lowest BCUT2D eigenvalue weighted by atomic mass is 9.90. The minimum absolute atomic E-state index is 0.176. The Morgan fingerprint density at radius 2 is 1.81 bits per heavy atom. The molecule has 0 bridgehead atoms. The molecular weight excluding hydrogens is 596 g/mol. The van der Waals surface area contributed by atoms with Crippen molar-refractivity contribution in [1.29, 1.82) is 0 Å². The highest BCUT2D eigenvalue weighted by Gasteiger charge is 2.36. The fraction of sp³-hybridized carbons (Fsp3) is 0.378. The molecule has 0 spiro atoms. The number of methoxy groups -OCH3 is 1. The first-order chi connectivity index (χ1) is 22.6. The highest BCUT2D eigenvalue weighted by molar-refractivity contribution is 6.10. The average Bonchev–Trinajstić information content (AvgIpc) is 3.08. The van der Waals surface area contributed by atoms with Gasteiger partial charge in [-0.2, -0.15) is 0 Å². The summed E-state index contributed by atoms with van der Waals surface area (Å²) in [5, 5.41) is 6.39. The number of terminal acetylenes is 1. The van der Waals surface area contributed by atoms with Crippen LogP contribution in [0.4, 0.5) is 5.69 Å². The van der Waals surface area contributed by atoms with Crippen molar-refractivity contribution in [3.8, 4) is 29.6 Å². The largest absolute Gasteiger partial charge is 0.493 e. The van der Waals surface area contributed by atoms with E-state index in [2.05, 4.69) is 26.4 Å². The molecule has 1 aromatic heterocycles. The molecule has 1 aliphatic rings. The minimum Gasteiger partial charge on any atom is -0.493 e. The van der Waals surface area contributed by atoms with Crippen LogP contribution in [0.1, 0.15) is 32.8 Å². The van der Waals surface area contributed by atoms with Gasteiger partial charge >= 0.3 is 0 Å². The molecular formula is C37H44N4O6. The maximum absolute atomic E-state index is 13.2. The van der Waals surface area contributed by atoms with Gasteiger partial charge in [0.15, 0.2) is 11.5 Å². The Bertz CT molecular complexity index is 1650. The summed E-state index contributed by atoms with van der Waals surface area (Å²) in [6.07, 6.45) is 11.6. The first kappa shape index (κ1) is 35.0. The summed E-state index contributed by atoms with van der Waals surface area (Å²) < 4.78 is 23.2. The Balaban J connectivity index is 1.37. The van der Waals surface area contributed by atoms with Crippen molar-refractivity contribution in [2.75, 3.05) is 58.5 Å². The number of amides is 2. The van der Waals surface area contributed by atoms with Crippen LogP contribution in [0.5, 0.6) is 17.2 Å². The highest BCUT2D eigenvalue weighted by Crippen LogP contribution is 2.35. The van der Waals surface area contributed by atoms with Gasteiger partial charge in [0.2, 0.25) is 11.8 Å². The number of rotatable bonds is 14. The predicted octanol–water partition coefficient (Wildman–Crippen LogP) is 5.28. The molecule has 4 rings (SSSR count). The van der Waals surface area contributed by atoms with Gasteiger partial charge in [-0.1, -0.05) is 23.6 Å². The smallest absolute Gasteiger partial charge is 0.239 e. The lowest BCUT2D eigenvalue weighted by Crippen LogP contribution is -2.44. The van der Waals surface area contributed by atoms with E-state index in [0.717, 1.165) is 50.2 Å². The number of carbonyl (C=O) groups is 2. The van der Waals surface area contributed by atoms with Crippen LogP contribution in [-0.2, 0) is 14.3 Å². The number of hydrogen-bond acceptors (Lipinski definition) is 8. The molecule has 2 aromatic carbocycles. The first-order valence-corrected chi connectivity index (χ1v) is 15.7.